The number of imide groups is 1. The van der Waals surface area contributed by atoms with Crippen molar-refractivity contribution in [2.24, 2.45) is 5.92 Å². The number of hydrogen-bond acceptors (Lipinski definition) is 7. The Morgan fingerprint density at radius 2 is 2.04 bits per heavy atom. The van der Waals surface area contributed by atoms with E-state index in [9.17, 15) is 9.59 Å². The van der Waals surface area contributed by atoms with E-state index in [1.807, 2.05) is 0 Å². The van der Waals surface area contributed by atoms with Crippen molar-refractivity contribution in [2.45, 2.75) is 49.9 Å². The third kappa shape index (κ3) is 6.74. The van der Waals surface area contributed by atoms with Gasteiger partial charge in [0.1, 0.15) is 0 Å². The third-order valence-corrected chi connectivity index (χ3v) is 5.35. The molecule has 0 bridgehead atoms. The van der Waals surface area contributed by atoms with Crippen molar-refractivity contribution in [1.82, 2.24) is 20.8 Å². The molecule has 0 unspecified atom stereocenters. The molecule has 7 nitrogen and oxygen atoms in total. The molecule has 1 aromatic heterocycles. The second-order valence-corrected chi connectivity index (χ2v) is 8.14. The molecule has 0 radical (unpaired) electrons. The van der Waals surface area contributed by atoms with E-state index in [2.05, 4.69) is 40.0 Å². The summed E-state index contributed by atoms with van der Waals surface area (Å²) in [6, 6.07) is -0.202. The highest BCUT2D eigenvalue weighted by molar-refractivity contribution is 8.01. The molecule has 1 aliphatic rings. The molecular weight excluding hydrogens is 334 g/mol. The summed E-state index contributed by atoms with van der Waals surface area (Å²) in [5, 5.41) is 17.2. The van der Waals surface area contributed by atoms with Crippen LogP contribution in [0.5, 0.6) is 0 Å². The number of nitrogens with one attached hydrogen (secondary N) is 3. The van der Waals surface area contributed by atoms with Crippen LogP contribution in [0.2, 0.25) is 0 Å². The van der Waals surface area contributed by atoms with Crippen LogP contribution in [0.1, 0.15) is 39.5 Å². The van der Waals surface area contributed by atoms with Gasteiger partial charge in [0.05, 0.1) is 5.75 Å². The number of anilines is 1. The smallest absolute Gasteiger partial charge is 0.321 e. The maximum absolute atomic E-state index is 11.8. The van der Waals surface area contributed by atoms with Crippen LogP contribution < -0.4 is 16.0 Å². The van der Waals surface area contributed by atoms with Crippen molar-refractivity contribution in [3.05, 3.63) is 0 Å². The minimum Gasteiger partial charge on any atom is -0.360 e. The van der Waals surface area contributed by atoms with E-state index in [4.69, 9.17) is 0 Å². The van der Waals surface area contributed by atoms with Crippen molar-refractivity contribution in [1.29, 1.82) is 0 Å². The average molecular weight is 358 g/mol. The lowest BCUT2D eigenvalue weighted by Gasteiger charge is -2.11. The lowest BCUT2D eigenvalue weighted by molar-refractivity contribution is -0.117. The minimum atomic E-state index is -0.404. The van der Waals surface area contributed by atoms with Gasteiger partial charge in [0.15, 0.2) is 4.34 Å². The van der Waals surface area contributed by atoms with Crippen LogP contribution in [0.25, 0.3) is 0 Å². The van der Waals surface area contributed by atoms with E-state index in [-0.39, 0.29) is 17.7 Å². The predicted octanol–water partition coefficient (Wildman–Crippen LogP) is 2.47. The van der Waals surface area contributed by atoms with Gasteiger partial charge in [-0.1, -0.05) is 49.8 Å². The molecule has 2 rings (SSSR count). The normalized spacial score (nSPS) is 14.9. The number of urea groups is 1. The summed E-state index contributed by atoms with van der Waals surface area (Å²) in [5.74, 6) is 0.355. The lowest BCUT2D eigenvalue weighted by atomic mass is 10.2. The summed E-state index contributed by atoms with van der Waals surface area (Å²) in [6.45, 7) is 5.07. The molecule has 1 aliphatic carbocycles. The van der Waals surface area contributed by atoms with Crippen molar-refractivity contribution in [2.75, 3.05) is 17.6 Å². The first-order valence-electron chi connectivity index (χ1n) is 7.83. The second-order valence-electron chi connectivity index (χ2n) is 5.94. The largest absolute Gasteiger partial charge is 0.360 e. The molecule has 23 heavy (non-hydrogen) atoms. The zero-order valence-corrected chi connectivity index (χ0v) is 15.1. The first-order valence-corrected chi connectivity index (χ1v) is 9.63. The van der Waals surface area contributed by atoms with Gasteiger partial charge in [-0.3, -0.25) is 10.1 Å². The zero-order chi connectivity index (χ0) is 16.7. The Kier molecular flexibility index (Phi) is 7.10. The Morgan fingerprint density at radius 3 is 2.74 bits per heavy atom. The molecule has 1 heterocycles. The molecule has 128 valence electrons. The summed E-state index contributed by atoms with van der Waals surface area (Å²) in [7, 11) is 0. The summed E-state index contributed by atoms with van der Waals surface area (Å²) in [4.78, 5) is 23.5. The Labute approximate surface area is 144 Å². The van der Waals surface area contributed by atoms with E-state index >= 15 is 0 Å². The molecular formula is C14H23N5O2S2. The highest BCUT2D eigenvalue weighted by atomic mass is 32.2. The topological polar surface area (TPSA) is 96.0 Å². The van der Waals surface area contributed by atoms with Crippen LogP contribution in [-0.4, -0.2) is 40.5 Å². The lowest BCUT2D eigenvalue weighted by Crippen LogP contribution is -2.44. The van der Waals surface area contributed by atoms with Gasteiger partial charge >= 0.3 is 6.03 Å². The van der Waals surface area contributed by atoms with E-state index in [1.54, 1.807) is 0 Å². The van der Waals surface area contributed by atoms with Gasteiger partial charge in [0, 0.05) is 12.6 Å². The van der Waals surface area contributed by atoms with Crippen LogP contribution in [-0.2, 0) is 4.79 Å². The number of nitrogens with zero attached hydrogens (tertiary/aromatic N) is 2. The van der Waals surface area contributed by atoms with Gasteiger partial charge in [0.25, 0.3) is 0 Å². The molecule has 1 fully saturated rings. The highest BCUT2D eigenvalue weighted by Crippen LogP contribution is 2.25. The van der Waals surface area contributed by atoms with E-state index < -0.39 is 6.03 Å². The molecule has 1 aromatic rings. The molecule has 0 aromatic carbocycles. The van der Waals surface area contributed by atoms with Crippen LogP contribution >= 0.6 is 23.1 Å². The molecule has 3 amide bonds. The second kappa shape index (κ2) is 9.07. The van der Waals surface area contributed by atoms with Gasteiger partial charge in [0.2, 0.25) is 11.0 Å². The monoisotopic (exact) mass is 357 g/mol. The van der Waals surface area contributed by atoms with Gasteiger partial charge in [-0.25, -0.2) is 4.79 Å². The zero-order valence-electron chi connectivity index (χ0n) is 13.4. The fourth-order valence-corrected chi connectivity index (χ4v) is 3.77. The predicted molar refractivity (Wildman–Crippen MR) is 92.9 cm³/mol. The minimum absolute atomic E-state index is 0.150. The summed E-state index contributed by atoms with van der Waals surface area (Å²) < 4.78 is 0.711. The number of amides is 3. The van der Waals surface area contributed by atoms with Crippen LogP contribution in [0, 0.1) is 5.92 Å². The van der Waals surface area contributed by atoms with Gasteiger partial charge in [-0.15, -0.1) is 10.2 Å². The van der Waals surface area contributed by atoms with Crippen LogP contribution in [0.15, 0.2) is 4.34 Å². The number of carbonyl (C=O) groups is 2. The summed E-state index contributed by atoms with van der Waals surface area (Å²) in [6.07, 6.45) is 4.26. The number of thioether (sulfide) groups is 1. The fourth-order valence-electron chi connectivity index (χ4n) is 2.21. The molecule has 0 aliphatic heterocycles. The number of aromatic nitrogens is 2. The maximum atomic E-state index is 11.8. The van der Waals surface area contributed by atoms with E-state index in [0.29, 0.717) is 10.3 Å². The maximum Gasteiger partial charge on any atom is 0.321 e. The Hall–Kier alpha value is -1.35. The number of rotatable bonds is 7. The summed E-state index contributed by atoms with van der Waals surface area (Å²) >= 11 is 2.69. The van der Waals surface area contributed by atoms with Gasteiger partial charge in [-0.05, 0) is 18.8 Å². The molecule has 3 N–H and O–H groups in total. The Morgan fingerprint density at radius 1 is 1.30 bits per heavy atom. The van der Waals surface area contributed by atoms with Crippen molar-refractivity contribution < 1.29 is 9.59 Å². The first-order chi connectivity index (χ1) is 11.0. The standard InChI is InChI=1S/C14H23N5O2S2/c1-9(2)7-15-13-18-19-14(23-13)22-8-11(20)17-12(21)16-10-5-3-4-6-10/h9-10H,3-8H2,1-2H3,(H,15,18)(H2,16,17,20,21). The Bertz CT molecular complexity index is 529. The molecule has 0 spiro atoms. The van der Waals surface area contributed by atoms with Crippen molar-refractivity contribution in [3.8, 4) is 0 Å². The first kappa shape index (κ1) is 18.0. The molecule has 1 saturated carbocycles. The van der Waals surface area contributed by atoms with Crippen molar-refractivity contribution >= 4 is 40.2 Å². The average Bonchev–Trinajstić information content (AvgIpc) is 3.14. The Balaban J connectivity index is 1.66. The SMILES string of the molecule is CC(C)CNc1nnc(SCC(=O)NC(=O)NC2CCCC2)s1. The van der Waals surface area contributed by atoms with Gasteiger partial charge in [-0.2, -0.15) is 0 Å². The number of carbonyl (C=O) groups excluding carboxylic acids is 2. The molecule has 0 saturated heterocycles. The fraction of sp³-hybridized carbons (Fsp3) is 0.714. The quantitative estimate of drug-likeness (QED) is 0.649. The molecule has 9 heteroatoms. The highest BCUT2D eigenvalue weighted by Gasteiger charge is 2.18. The number of hydrogen-bond donors (Lipinski definition) is 3. The molecule has 0 atom stereocenters. The van der Waals surface area contributed by atoms with Gasteiger partial charge < -0.3 is 10.6 Å². The van der Waals surface area contributed by atoms with E-state index in [1.165, 1.54) is 23.1 Å². The van der Waals surface area contributed by atoms with Crippen LogP contribution in [0.3, 0.4) is 0 Å². The third-order valence-electron chi connectivity index (χ3n) is 3.34. The van der Waals surface area contributed by atoms with Crippen molar-refractivity contribution in [3.63, 3.8) is 0 Å². The van der Waals surface area contributed by atoms with Crippen LogP contribution in [0.4, 0.5) is 9.93 Å². The summed E-state index contributed by atoms with van der Waals surface area (Å²) in [5.41, 5.74) is 0. The van der Waals surface area contributed by atoms with E-state index in [0.717, 1.165) is 37.4 Å².